The summed E-state index contributed by atoms with van der Waals surface area (Å²) in [6.07, 6.45) is 3.68. The molecule has 0 radical (unpaired) electrons. The molecule has 0 aliphatic carbocycles. The van der Waals surface area contributed by atoms with Crippen LogP contribution in [0.15, 0.2) is 41.1 Å². The van der Waals surface area contributed by atoms with Crippen LogP contribution in [0, 0.1) is 13.8 Å². The van der Waals surface area contributed by atoms with E-state index in [1.165, 1.54) is 0 Å². The number of furan rings is 1. The van der Waals surface area contributed by atoms with Gasteiger partial charge in [-0.05, 0) is 38.0 Å². The Bertz CT molecular complexity index is 920. The first-order valence-corrected chi connectivity index (χ1v) is 8.34. The van der Waals surface area contributed by atoms with E-state index in [0.717, 1.165) is 16.8 Å². The Morgan fingerprint density at radius 2 is 2.15 bits per heavy atom. The lowest BCUT2D eigenvalue weighted by atomic mass is 10.1. The normalized spacial score (nSPS) is 10.9. The minimum atomic E-state index is -0.508. The van der Waals surface area contributed by atoms with Crippen LogP contribution < -0.4 is 10.8 Å². The highest BCUT2D eigenvalue weighted by atomic mass is 16.7. The Balaban J connectivity index is 1.93. The zero-order valence-electron chi connectivity index (χ0n) is 14.7. The molecule has 0 unspecified atom stereocenters. The van der Waals surface area contributed by atoms with Crippen molar-refractivity contribution in [1.29, 1.82) is 0 Å². The van der Waals surface area contributed by atoms with Gasteiger partial charge in [0.2, 0.25) is 5.76 Å². The quantitative estimate of drug-likeness (QED) is 0.445. The Kier molecular flexibility index (Phi) is 5.50. The van der Waals surface area contributed by atoms with E-state index in [1.807, 2.05) is 26.0 Å². The fourth-order valence-corrected chi connectivity index (χ4v) is 2.61. The summed E-state index contributed by atoms with van der Waals surface area (Å²) >= 11 is 0. The molecule has 3 N–H and O–H groups in total. The van der Waals surface area contributed by atoms with Gasteiger partial charge < -0.3 is 14.8 Å². The number of hydrogen-bond acceptors (Lipinski definition) is 6. The highest BCUT2D eigenvalue weighted by molar-refractivity contribution is 6.06. The number of rotatable bonds is 7. The summed E-state index contributed by atoms with van der Waals surface area (Å²) in [4.78, 5) is 21.7. The van der Waals surface area contributed by atoms with Crippen molar-refractivity contribution in [2.24, 2.45) is 0 Å². The van der Waals surface area contributed by atoms with Crippen molar-refractivity contribution in [2.45, 2.75) is 20.3 Å². The largest absolute Gasteiger partial charge is 0.448 e. The first-order chi connectivity index (χ1) is 12.6. The average molecular weight is 355 g/mol. The molecule has 2 heterocycles. The Morgan fingerprint density at radius 3 is 2.92 bits per heavy atom. The summed E-state index contributed by atoms with van der Waals surface area (Å²) in [5.74, 6) is -0.400. The van der Waals surface area contributed by atoms with E-state index in [4.69, 9.17) is 14.4 Å². The maximum Gasteiger partial charge on any atom is 0.312 e. The van der Waals surface area contributed by atoms with Gasteiger partial charge in [0, 0.05) is 24.7 Å². The number of hydrogen-bond donors (Lipinski definition) is 3. The number of nitrogens with one attached hydrogen (secondary N) is 2. The Morgan fingerprint density at radius 1 is 1.31 bits per heavy atom. The van der Waals surface area contributed by atoms with Gasteiger partial charge in [-0.3, -0.25) is 14.6 Å². The number of aliphatic hydroxyl groups is 1. The average Bonchev–Trinajstić information content (AvgIpc) is 3.00. The zero-order chi connectivity index (χ0) is 18.5. The van der Waals surface area contributed by atoms with Crippen molar-refractivity contribution < 1.29 is 19.2 Å². The molecule has 1 aromatic carbocycles. The summed E-state index contributed by atoms with van der Waals surface area (Å²) in [6.45, 7) is 4.22. The molecule has 3 rings (SSSR count). The molecule has 7 heteroatoms. The van der Waals surface area contributed by atoms with Crippen LogP contribution >= 0.6 is 0 Å². The SMILES string of the molecule is Cc1ccc(Nc2c(C(=O)NOCCCO)oc3ccncc23)c(C)c1. The van der Waals surface area contributed by atoms with Crippen molar-refractivity contribution >= 4 is 28.3 Å². The van der Waals surface area contributed by atoms with Gasteiger partial charge in [0.1, 0.15) is 11.3 Å². The minimum Gasteiger partial charge on any atom is -0.448 e. The number of fused-ring (bicyclic) bond motifs is 1. The van der Waals surface area contributed by atoms with Gasteiger partial charge >= 0.3 is 5.91 Å². The standard InChI is InChI=1S/C19H21N3O4/c1-12-4-5-15(13(2)10-12)21-17-14-11-20-7-6-16(14)26-18(17)19(24)22-25-9-3-8-23/h4-7,10-11,21,23H,3,8-9H2,1-2H3,(H,22,24). The second-order valence-corrected chi connectivity index (χ2v) is 5.98. The number of carbonyl (C=O) groups excluding carboxylic acids is 1. The summed E-state index contributed by atoms with van der Waals surface area (Å²) in [5, 5.41) is 12.8. The molecular formula is C19H21N3O4. The summed E-state index contributed by atoms with van der Waals surface area (Å²) < 4.78 is 5.71. The van der Waals surface area contributed by atoms with Crippen LogP contribution in [0.1, 0.15) is 28.1 Å². The fraction of sp³-hybridized carbons (Fsp3) is 0.263. The third-order valence-corrected chi connectivity index (χ3v) is 3.91. The summed E-state index contributed by atoms with van der Waals surface area (Å²) in [5.41, 5.74) is 6.50. The molecule has 26 heavy (non-hydrogen) atoms. The molecule has 2 aromatic heterocycles. The third kappa shape index (κ3) is 3.84. The molecule has 3 aromatic rings. The number of hydroxylamine groups is 1. The van der Waals surface area contributed by atoms with Crippen LogP contribution in [0.3, 0.4) is 0 Å². The van der Waals surface area contributed by atoms with Crippen molar-refractivity contribution in [2.75, 3.05) is 18.5 Å². The highest BCUT2D eigenvalue weighted by Crippen LogP contribution is 2.33. The van der Waals surface area contributed by atoms with Gasteiger partial charge in [-0.2, -0.15) is 0 Å². The van der Waals surface area contributed by atoms with Gasteiger partial charge in [0.05, 0.1) is 12.0 Å². The Hall–Kier alpha value is -2.90. The van der Waals surface area contributed by atoms with Crippen LogP contribution in [0.25, 0.3) is 11.0 Å². The molecule has 7 nitrogen and oxygen atoms in total. The zero-order valence-corrected chi connectivity index (χ0v) is 14.7. The van der Waals surface area contributed by atoms with Gasteiger partial charge in [-0.1, -0.05) is 17.7 Å². The molecule has 0 aliphatic rings. The van der Waals surface area contributed by atoms with Gasteiger partial charge in [0.25, 0.3) is 0 Å². The number of benzene rings is 1. The number of aliphatic hydroxyl groups excluding tert-OH is 1. The fourth-order valence-electron chi connectivity index (χ4n) is 2.61. The predicted molar refractivity (Wildman–Crippen MR) is 98.3 cm³/mol. The van der Waals surface area contributed by atoms with Gasteiger partial charge in [-0.15, -0.1) is 0 Å². The molecule has 136 valence electrons. The molecule has 0 spiro atoms. The monoisotopic (exact) mass is 355 g/mol. The van der Waals surface area contributed by atoms with Crippen LogP contribution in [-0.4, -0.2) is 29.2 Å². The number of nitrogens with zero attached hydrogens (tertiary/aromatic N) is 1. The number of aryl methyl sites for hydroxylation is 2. The first-order valence-electron chi connectivity index (χ1n) is 8.34. The second kappa shape index (κ2) is 7.99. The van der Waals surface area contributed by atoms with Gasteiger partial charge in [-0.25, -0.2) is 5.48 Å². The first kappa shape index (κ1) is 17.9. The summed E-state index contributed by atoms with van der Waals surface area (Å²) in [7, 11) is 0. The van der Waals surface area contributed by atoms with Crippen molar-refractivity contribution in [3.63, 3.8) is 0 Å². The number of pyridine rings is 1. The summed E-state index contributed by atoms with van der Waals surface area (Å²) in [6, 6.07) is 7.71. The molecular weight excluding hydrogens is 334 g/mol. The number of carbonyl (C=O) groups is 1. The van der Waals surface area contributed by atoms with E-state index in [2.05, 4.69) is 21.8 Å². The van der Waals surface area contributed by atoms with E-state index >= 15 is 0 Å². The van der Waals surface area contributed by atoms with Crippen LogP contribution in [0.2, 0.25) is 0 Å². The lowest BCUT2D eigenvalue weighted by Gasteiger charge is -2.11. The minimum absolute atomic E-state index is 0.00825. The van der Waals surface area contributed by atoms with E-state index in [0.29, 0.717) is 23.1 Å². The molecule has 1 amide bonds. The molecule has 0 bridgehead atoms. The number of anilines is 2. The van der Waals surface area contributed by atoms with Gasteiger partial charge in [0.15, 0.2) is 0 Å². The molecule has 0 fully saturated rings. The second-order valence-electron chi connectivity index (χ2n) is 5.98. The number of amides is 1. The maximum absolute atomic E-state index is 12.5. The maximum atomic E-state index is 12.5. The number of aromatic nitrogens is 1. The van der Waals surface area contributed by atoms with Crippen molar-refractivity contribution in [3.8, 4) is 0 Å². The van der Waals surface area contributed by atoms with Crippen LogP contribution in [-0.2, 0) is 4.84 Å². The van der Waals surface area contributed by atoms with E-state index in [1.54, 1.807) is 18.5 Å². The molecule has 0 atom stereocenters. The molecule has 0 saturated heterocycles. The van der Waals surface area contributed by atoms with E-state index in [-0.39, 0.29) is 19.0 Å². The molecule has 0 aliphatic heterocycles. The van der Waals surface area contributed by atoms with Crippen LogP contribution in [0.4, 0.5) is 11.4 Å². The lowest BCUT2D eigenvalue weighted by Crippen LogP contribution is -2.24. The smallest absolute Gasteiger partial charge is 0.312 e. The third-order valence-electron chi connectivity index (χ3n) is 3.91. The topological polar surface area (TPSA) is 96.6 Å². The van der Waals surface area contributed by atoms with Crippen molar-refractivity contribution in [1.82, 2.24) is 10.5 Å². The van der Waals surface area contributed by atoms with E-state index < -0.39 is 5.91 Å². The van der Waals surface area contributed by atoms with E-state index in [9.17, 15) is 4.79 Å². The predicted octanol–water partition coefficient (Wildman–Crippen LogP) is 3.23. The lowest BCUT2D eigenvalue weighted by molar-refractivity contribution is 0.0243. The van der Waals surface area contributed by atoms with Crippen LogP contribution in [0.5, 0.6) is 0 Å². The Labute approximate surface area is 150 Å². The highest BCUT2D eigenvalue weighted by Gasteiger charge is 2.21. The molecule has 0 saturated carbocycles. The van der Waals surface area contributed by atoms with Crippen molar-refractivity contribution in [3.05, 3.63) is 53.5 Å².